The highest BCUT2D eigenvalue weighted by molar-refractivity contribution is 5.75. The molecule has 1 amide bonds. The first-order valence-electron chi connectivity index (χ1n) is 5.68. The predicted octanol–water partition coefficient (Wildman–Crippen LogP) is 0.691. The molecule has 17 heavy (non-hydrogen) atoms. The summed E-state index contributed by atoms with van der Waals surface area (Å²) >= 11 is 0. The molecule has 0 aliphatic carbocycles. The lowest BCUT2D eigenvalue weighted by Gasteiger charge is -2.15. The Labute approximate surface area is 102 Å². The van der Waals surface area contributed by atoms with Crippen molar-refractivity contribution in [1.82, 2.24) is 15.2 Å². The zero-order valence-corrected chi connectivity index (χ0v) is 10.7. The smallest absolute Gasteiger partial charge is 0.221 e. The molecule has 2 N–H and O–H groups in total. The molecule has 0 bridgehead atoms. The number of hydrogen-bond acceptors (Lipinski definition) is 4. The zero-order valence-electron chi connectivity index (χ0n) is 10.7. The van der Waals surface area contributed by atoms with E-state index < -0.39 is 0 Å². The highest BCUT2D eigenvalue weighted by Gasteiger charge is 2.04. The molecular formula is C12H20N4O. The Kier molecular flexibility index (Phi) is 5.42. The van der Waals surface area contributed by atoms with Crippen molar-refractivity contribution < 1.29 is 4.79 Å². The van der Waals surface area contributed by atoms with E-state index in [-0.39, 0.29) is 5.91 Å². The quantitative estimate of drug-likeness (QED) is 0.763. The first kappa shape index (κ1) is 13.4. The van der Waals surface area contributed by atoms with E-state index in [4.69, 9.17) is 0 Å². The van der Waals surface area contributed by atoms with Gasteiger partial charge in [-0.1, -0.05) is 6.07 Å². The fourth-order valence-corrected chi connectivity index (χ4v) is 1.48. The van der Waals surface area contributed by atoms with E-state index in [1.165, 1.54) is 0 Å². The van der Waals surface area contributed by atoms with Crippen LogP contribution in [0.3, 0.4) is 0 Å². The van der Waals surface area contributed by atoms with Gasteiger partial charge in [0.15, 0.2) is 0 Å². The van der Waals surface area contributed by atoms with Gasteiger partial charge in [-0.2, -0.15) is 0 Å². The number of carbonyl (C=O) groups is 1. The van der Waals surface area contributed by atoms with Crippen LogP contribution in [0.2, 0.25) is 0 Å². The van der Waals surface area contributed by atoms with Crippen molar-refractivity contribution in [1.29, 1.82) is 0 Å². The van der Waals surface area contributed by atoms with Crippen molar-refractivity contribution in [3.8, 4) is 0 Å². The molecule has 0 saturated heterocycles. The summed E-state index contributed by atoms with van der Waals surface area (Å²) in [4.78, 5) is 17.6. The number of carbonyl (C=O) groups excluding carboxylic acids is 1. The molecule has 5 nitrogen and oxygen atoms in total. The van der Waals surface area contributed by atoms with Crippen LogP contribution in [-0.4, -0.2) is 43.5 Å². The topological polar surface area (TPSA) is 57.3 Å². The van der Waals surface area contributed by atoms with Crippen LogP contribution in [0.25, 0.3) is 0 Å². The maximum Gasteiger partial charge on any atom is 0.221 e. The summed E-state index contributed by atoms with van der Waals surface area (Å²) in [5.41, 5.74) is 0.997. The van der Waals surface area contributed by atoms with Gasteiger partial charge in [-0.05, 0) is 19.2 Å². The Hall–Kier alpha value is -1.62. The van der Waals surface area contributed by atoms with Gasteiger partial charge in [0.25, 0.3) is 0 Å². The van der Waals surface area contributed by atoms with E-state index in [0.717, 1.165) is 24.6 Å². The number of pyridine rings is 1. The van der Waals surface area contributed by atoms with Crippen molar-refractivity contribution >= 4 is 11.7 Å². The molecule has 1 rings (SSSR count). The Bertz CT molecular complexity index is 367. The van der Waals surface area contributed by atoms with Crippen molar-refractivity contribution in [3.63, 3.8) is 0 Å². The van der Waals surface area contributed by atoms with Gasteiger partial charge in [0.05, 0.1) is 5.69 Å². The predicted molar refractivity (Wildman–Crippen MR) is 68.8 cm³/mol. The van der Waals surface area contributed by atoms with Gasteiger partial charge in [0.1, 0.15) is 5.82 Å². The zero-order chi connectivity index (χ0) is 12.7. The van der Waals surface area contributed by atoms with Gasteiger partial charge < -0.3 is 15.5 Å². The third-order valence-electron chi connectivity index (χ3n) is 2.49. The third-order valence-corrected chi connectivity index (χ3v) is 2.49. The number of hydrogen-bond donors (Lipinski definition) is 2. The summed E-state index contributed by atoms with van der Waals surface area (Å²) in [6.45, 7) is 1.47. The van der Waals surface area contributed by atoms with Gasteiger partial charge in [0, 0.05) is 33.6 Å². The maximum absolute atomic E-state index is 11.1. The molecule has 0 atom stereocenters. The molecular weight excluding hydrogens is 216 g/mol. The lowest BCUT2D eigenvalue weighted by atomic mass is 10.3. The van der Waals surface area contributed by atoms with Crippen LogP contribution in [0.1, 0.15) is 12.1 Å². The van der Waals surface area contributed by atoms with Gasteiger partial charge in [-0.25, -0.2) is 4.98 Å². The van der Waals surface area contributed by atoms with E-state index in [1.54, 1.807) is 7.05 Å². The van der Waals surface area contributed by atoms with E-state index in [9.17, 15) is 4.79 Å². The molecule has 0 radical (unpaired) electrons. The second kappa shape index (κ2) is 6.85. The lowest BCUT2D eigenvalue weighted by Crippen LogP contribution is -2.26. The molecule has 1 heterocycles. The maximum atomic E-state index is 11.1. The lowest BCUT2D eigenvalue weighted by molar-refractivity contribution is -0.120. The number of rotatable bonds is 6. The van der Waals surface area contributed by atoms with Crippen LogP contribution in [0, 0.1) is 0 Å². The van der Waals surface area contributed by atoms with E-state index in [2.05, 4.69) is 20.5 Å². The standard InChI is InChI=1S/C12H20N4O/c1-13-11-6-4-5-10(15-11)9-16(3)8-7-12(17)14-2/h4-6H,7-9H2,1-3H3,(H,13,15)(H,14,17). The Balaban J connectivity index is 2.44. The summed E-state index contributed by atoms with van der Waals surface area (Å²) in [5.74, 6) is 0.927. The molecule has 0 unspecified atom stereocenters. The minimum absolute atomic E-state index is 0.0637. The van der Waals surface area contributed by atoms with Crippen LogP contribution >= 0.6 is 0 Å². The fourth-order valence-electron chi connectivity index (χ4n) is 1.48. The number of amides is 1. The third kappa shape index (κ3) is 4.82. The molecule has 0 aliphatic rings. The minimum atomic E-state index is 0.0637. The molecule has 94 valence electrons. The monoisotopic (exact) mass is 236 g/mol. The normalized spacial score (nSPS) is 10.4. The molecule has 1 aromatic heterocycles. The largest absolute Gasteiger partial charge is 0.373 e. The van der Waals surface area contributed by atoms with E-state index in [0.29, 0.717) is 6.42 Å². The number of nitrogens with one attached hydrogen (secondary N) is 2. The summed E-state index contributed by atoms with van der Waals surface area (Å²) in [7, 11) is 5.48. The SMILES string of the molecule is CNC(=O)CCN(C)Cc1cccc(NC)n1. The van der Waals surface area contributed by atoms with Crippen molar-refractivity contribution in [2.75, 3.05) is 33.0 Å². The van der Waals surface area contributed by atoms with Crippen molar-refractivity contribution in [2.24, 2.45) is 0 Å². The molecule has 0 aliphatic heterocycles. The van der Waals surface area contributed by atoms with Crippen LogP contribution in [0.5, 0.6) is 0 Å². The highest BCUT2D eigenvalue weighted by Crippen LogP contribution is 2.06. The van der Waals surface area contributed by atoms with Crippen molar-refractivity contribution in [2.45, 2.75) is 13.0 Å². The molecule has 0 fully saturated rings. The second-order valence-corrected chi connectivity index (χ2v) is 3.93. The van der Waals surface area contributed by atoms with E-state index in [1.807, 2.05) is 32.3 Å². The molecule has 0 spiro atoms. The van der Waals surface area contributed by atoms with Gasteiger partial charge in [-0.15, -0.1) is 0 Å². The summed E-state index contributed by atoms with van der Waals surface area (Å²) < 4.78 is 0. The fraction of sp³-hybridized carbons (Fsp3) is 0.500. The Morgan fingerprint density at radius 3 is 2.82 bits per heavy atom. The van der Waals surface area contributed by atoms with E-state index >= 15 is 0 Å². The second-order valence-electron chi connectivity index (χ2n) is 3.93. The van der Waals surface area contributed by atoms with Crippen molar-refractivity contribution in [3.05, 3.63) is 23.9 Å². The van der Waals surface area contributed by atoms with Crippen LogP contribution in [-0.2, 0) is 11.3 Å². The Morgan fingerprint density at radius 1 is 1.41 bits per heavy atom. The number of anilines is 1. The molecule has 0 aromatic carbocycles. The average Bonchev–Trinajstić information content (AvgIpc) is 2.36. The summed E-state index contributed by atoms with van der Waals surface area (Å²) in [5, 5.41) is 5.62. The minimum Gasteiger partial charge on any atom is -0.373 e. The molecule has 5 heteroatoms. The van der Waals surface area contributed by atoms with Crippen LogP contribution < -0.4 is 10.6 Å². The molecule has 1 aromatic rings. The average molecular weight is 236 g/mol. The van der Waals surface area contributed by atoms with Gasteiger partial charge in [0.2, 0.25) is 5.91 Å². The highest BCUT2D eigenvalue weighted by atomic mass is 16.1. The first-order valence-corrected chi connectivity index (χ1v) is 5.68. The molecule has 0 saturated carbocycles. The number of nitrogens with zero attached hydrogens (tertiary/aromatic N) is 2. The van der Waals surface area contributed by atoms with Gasteiger partial charge >= 0.3 is 0 Å². The Morgan fingerprint density at radius 2 is 2.18 bits per heavy atom. The first-order chi connectivity index (χ1) is 8.15. The number of aromatic nitrogens is 1. The van der Waals surface area contributed by atoms with Crippen LogP contribution in [0.15, 0.2) is 18.2 Å². The summed E-state index contributed by atoms with van der Waals surface area (Å²) in [6.07, 6.45) is 0.513. The van der Waals surface area contributed by atoms with Crippen LogP contribution in [0.4, 0.5) is 5.82 Å². The summed E-state index contributed by atoms with van der Waals surface area (Å²) in [6, 6.07) is 5.88. The van der Waals surface area contributed by atoms with Gasteiger partial charge in [-0.3, -0.25) is 4.79 Å².